The van der Waals surface area contributed by atoms with Crippen LogP contribution in [0.15, 0.2) is 30.5 Å². The van der Waals surface area contributed by atoms with Crippen molar-refractivity contribution >= 4 is 33.9 Å². The number of nitrogens with one attached hydrogen (secondary N) is 2. The molecular weight excluding hydrogens is 384 g/mol. The highest BCUT2D eigenvalue weighted by Crippen LogP contribution is 2.27. The SMILES string of the molecule is Cc1nc(Nc2ncc(C(=O)c3c(C)cccc3C)s2)cc(N2CCNCC2)n1. The number of aryl methyl sites for hydroxylation is 3. The summed E-state index contributed by atoms with van der Waals surface area (Å²) >= 11 is 1.34. The van der Waals surface area contributed by atoms with E-state index >= 15 is 0 Å². The maximum atomic E-state index is 13.0. The summed E-state index contributed by atoms with van der Waals surface area (Å²) in [4.78, 5) is 29.3. The average molecular weight is 409 g/mol. The van der Waals surface area contributed by atoms with E-state index in [-0.39, 0.29) is 5.78 Å². The lowest BCUT2D eigenvalue weighted by Crippen LogP contribution is -2.44. The highest BCUT2D eigenvalue weighted by Gasteiger charge is 2.18. The summed E-state index contributed by atoms with van der Waals surface area (Å²) in [6, 6.07) is 7.82. The average Bonchev–Trinajstić information content (AvgIpc) is 3.16. The molecule has 8 heteroatoms. The summed E-state index contributed by atoms with van der Waals surface area (Å²) in [5.74, 6) is 2.30. The zero-order valence-electron chi connectivity index (χ0n) is 16.8. The van der Waals surface area contributed by atoms with Gasteiger partial charge in [-0.3, -0.25) is 4.79 Å². The van der Waals surface area contributed by atoms with Crippen molar-refractivity contribution in [3.05, 3.63) is 57.9 Å². The van der Waals surface area contributed by atoms with Crippen LogP contribution in [0.2, 0.25) is 0 Å². The Morgan fingerprint density at radius 3 is 2.59 bits per heavy atom. The van der Waals surface area contributed by atoms with Gasteiger partial charge in [0.05, 0.1) is 11.1 Å². The van der Waals surface area contributed by atoms with Crippen LogP contribution < -0.4 is 15.5 Å². The number of carbonyl (C=O) groups is 1. The first-order valence-corrected chi connectivity index (χ1v) is 10.5. The molecule has 3 heterocycles. The molecule has 2 aromatic heterocycles. The molecule has 1 aromatic carbocycles. The van der Waals surface area contributed by atoms with E-state index in [4.69, 9.17) is 0 Å². The van der Waals surface area contributed by atoms with Crippen LogP contribution in [-0.2, 0) is 0 Å². The van der Waals surface area contributed by atoms with E-state index in [1.807, 2.05) is 45.0 Å². The fraction of sp³-hybridized carbons (Fsp3) is 0.333. The quantitative estimate of drug-likeness (QED) is 0.627. The van der Waals surface area contributed by atoms with Gasteiger partial charge in [0.1, 0.15) is 17.5 Å². The molecule has 2 N–H and O–H groups in total. The molecule has 0 spiro atoms. The van der Waals surface area contributed by atoms with Crippen LogP contribution in [-0.4, -0.2) is 46.9 Å². The molecule has 1 aliphatic heterocycles. The third-order valence-corrected chi connectivity index (χ3v) is 5.85. The predicted molar refractivity (Wildman–Crippen MR) is 117 cm³/mol. The number of nitrogens with zero attached hydrogens (tertiary/aromatic N) is 4. The van der Waals surface area contributed by atoms with Crippen molar-refractivity contribution < 1.29 is 4.79 Å². The van der Waals surface area contributed by atoms with Gasteiger partial charge in [0, 0.05) is 37.8 Å². The zero-order chi connectivity index (χ0) is 20.4. The Balaban J connectivity index is 1.55. The highest BCUT2D eigenvalue weighted by atomic mass is 32.1. The molecule has 1 fully saturated rings. The molecule has 7 nitrogen and oxygen atoms in total. The number of hydrogen-bond acceptors (Lipinski definition) is 8. The summed E-state index contributed by atoms with van der Waals surface area (Å²) in [6.45, 7) is 9.53. The van der Waals surface area contributed by atoms with E-state index in [1.165, 1.54) is 11.3 Å². The topological polar surface area (TPSA) is 83.0 Å². The molecule has 29 heavy (non-hydrogen) atoms. The van der Waals surface area contributed by atoms with Crippen molar-refractivity contribution in [2.75, 3.05) is 36.4 Å². The monoisotopic (exact) mass is 408 g/mol. The predicted octanol–water partition coefficient (Wildman–Crippen LogP) is 3.24. The van der Waals surface area contributed by atoms with Gasteiger partial charge in [-0.15, -0.1) is 0 Å². The van der Waals surface area contributed by atoms with Crippen LogP contribution in [0.3, 0.4) is 0 Å². The lowest BCUT2D eigenvalue weighted by atomic mass is 9.99. The first kappa shape index (κ1) is 19.5. The van der Waals surface area contributed by atoms with E-state index in [0.29, 0.717) is 21.7 Å². The van der Waals surface area contributed by atoms with Gasteiger partial charge in [0.15, 0.2) is 5.13 Å². The maximum Gasteiger partial charge on any atom is 0.205 e. The minimum absolute atomic E-state index is 0.00604. The van der Waals surface area contributed by atoms with Crippen LogP contribution in [0, 0.1) is 20.8 Å². The van der Waals surface area contributed by atoms with Gasteiger partial charge in [-0.2, -0.15) is 0 Å². The van der Waals surface area contributed by atoms with Crippen molar-refractivity contribution in [2.45, 2.75) is 20.8 Å². The van der Waals surface area contributed by atoms with E-state index in [0.717, 1.165) is 48.7 Å². The lowest BCUT2D eigenvalue weighted by molar-refractivity contribution is 0.104. The van der Waals surface area contributed by atoms with Crippen molar-refractivity contribution in [3.8, 4) is 0 Å². The first-order chi connectivity index (χ1) is 14.0. The molecule has 0 aliphatic carbocycles. The van der Waals surface area contributed by atoms with E-state index < -0.39 is 0 Å². The number of aromatic nitrogens is 3. The Morgan fingerprint density at radius 1 is 1.14 bits per heavy atom. The molecule has 1 saturated heterocycles. The van der Waals surface area contributed by atoms with Gasteiger partial charge >= 0.3 is 0 Å². The summed E-state index contributed by atoms with van der Waals surface area (Å²) in [5.41, 5.74) is 2.71. The minimum atomic E-state index is 0.00604. The van der Waals surface area contributed by atoms with Crippen LogP contribution in [0.4, 0.5) is 16.8 Å². The number of benzene rings is 1. The van der Waals surface area contributed by atoms with Gasteiger partial charge in [0.2, 0.25) is 5.78 Å². The van der Waals surface area contributed by atoms with Crippen molar-refractivity contribution in [1.82, 2.24) is 20.3 Å². The summed E-state index contributed by atoms with van der Waals surface area (Å²) in [5, 5.41) is 7.23. The van der Waals surface area contributed by atoms with Crippen LogP contribution in [0.1, 0.15) is 32.2 Å². The Kier molecular flexibility index (Phi) is 5.55. The number of thiazole rings is 1. The Bertz CT molecular complexity index is 1020. The molecule has 0 amide bonds. The van der Waals surface area contributed by atoms with E-state index in [9.17, 15) is 4.79 Å². The molecular formula is C21H24N6OS. The first-order valence-electron chi connectivity index (χ1n) is 9.66. The number of hydrogen-bond donors (Lipinski definition) is 2. The van der Waals surface area contributed by atoms with Crippen molar-refractivity contribution in [3.63, 3.8) is 0 Å². The molecule has 0 unspecified atom stereocenters. The van der Waals surface area contributed by atoms with Gasteiger partial charge in [-0.25, -0.2) is 15.0 Å². The molecule has 1 aliphatic rings. The summed E-state index contributed by atoms with van der Waals surface area (Å²) < 4.78 is 0. The van der Waals surface area contributed by atoms with Gasteiger partial charge in [-0.1, -0.05) is 29.5 Å². The van der Waals surface area contributed by atoms with Crippen LogP contribution >= 0.6 is 11.3 Å². The summed E-state index contributed by atoms with van der Waals surface area (Å²) in [7, 11) is 0. The fourth-order valence-electron chi connectivity index (χ4n) is 3.51. The molecule has 0 atom stereocenters. The Labute approximate surface area is 174 Å². The van der Waals surface area contributed by atoms with Crippen molar-refractivity contribution in [1.29, 1.82) is 0 Å². The molecule has 4 rings (SSSR count). The largest absolute Gasteiger partial charge is 0.354 e. The second kappa shape index (κ2) is 8.26. The number of anilines is 3. The number of rotatable bonds is 5. The molecule has 0 bridgehead atoms. The normalized spacial score (nSPS) is 14.1. The third kappa shape index (κ3) is 4.28. The third-order valence-electron chi connectivity index (χ3n) is 4.94. The second-order valence-electron chi connectivity index (χ2n) is 7.15. The molecule has 150 valence electrons. The highest BCUT2D eigenvalue weighted by molar-refractivity contribution is 7.17. The minimum Gasteiger partial charge on any atom is -0.354 e. The van der Waals surface area contributed by atoms with Gasteiger partial charge < -0.3 is 15.5 Å². The smallest absolute Gasteiger partial charge is 0.205 e. The number of piperazine rings is 1. The number of carbonyl (C=O) groups excluding carboxylic acids is 1. The van der Waals surface area contributed by atoms with Gasteiger partial charge in [-0.05, 0) is 31.9 Å². The van der Waals surface area contributed by atoms with Crippen molar-refractivity contribution in [2.24, 2.45) is 0 Å². The molecule has 0 saturated carbocycles. The fourth-order valence-corrected chi connectivity index (χ4v) is 4.28. The van der Waals surface area contributed by atoms with Gasteiger partial charge in [0.25, 0.3) is 0 Å². The Hall–Kier alpha value is -2.84. The summed E-state index contributed by atoms with van der Waals surface area (Å²) in [6.07, 6.45) is 1.63. The number of ketones is 1. The standard InChI is InChI=1S/C21H24N6OS/c1-13-5-4-6-14(2)19(13)20(28)16-12-23-21(29-16)26-17-11-18(25-15(3)24-17)27-9-7-22-8-10-27/h4-6,11-12,22H,7-10H2,1-3H3,(H,23,24,25,26). The second-order valence-corrected chi connectivity index (χ2v) is 8.18. The van der Waals surface area contributed by atoms with Crippen LogP contribution in [0.25, 0.3) is 0 Å². The Morgan fingerprint density at radius 2 is 1.86 bits per heavy atom. The maximum absolute atomic E-state index is 13.0. The molecule has 0 radical (unpaired) electrons. The van der Waals surface area contributed by atoms with Crippen LogP contribution in [0.5, 0.6) is 0 Å². The zero-order valence-corrected chi connectivity index (χ0v) is 17.6. The van der Waals surface area contributed by atoms with E-state index in [2.05, 4.69) is 30.5 Å². The van der Waals surface area contributed by atoms with E-state index in [1.54, 1.807) is 6.20 Å². The molecule has 3 aromatic rings. The lowest BCUT2D eigenvalue weighted by Gasteiger charge is -2.28.